The molecule has 6 nitrogen and oxygen atoms in total. The van der Waals surface area contributed by atoms with Gasteiger partial charge in [-0.1, -0.05) is 0 Å². The Morgan fingerprint density at radius 3 is 2.52 bits per heavy atom. The maximum Gasteiger partial charge on any atom is 0.263 e. The summed E-state index contributed by atoms with van der Waals surface area (Å²) in [7, 11) is 1.65. The van der Waals surface area contributed by atoms with Crippen molar-refractivity contribution < 1.29 is 9.59 Å². The van der Waals surface area contributed by atoms with Crippen LogP contribution in [0.15, 0.2) is 0 Å². The minimum atomic E-state index is -0.0251. The first-order chi connectivity index (χ1) is 9.99. The number of aromatic nitrogens is 1. The summed E-state index contributed by atoms with van der Waals surface area (Å²) in [5.74, 6) is 0.0103. The van der Waals surface area contributed by atoms with Gasteiger partial charge in [0.2, 0.25) is 5.91 Å². The average molecular weight is 310 g/mol. The Morgan fingerprint density at radius 1 is 1.33 bits per heavy atom. The van der Waals surface area contributed by atoms with Crippen LogP contribution in [0, 0.1) is 13.8 Å². The smallest absolute Gasteiger partial charge is 0.263 e. The van der Waals surface area contributed by atoms with Crippen molar-refractivity contribution >= 4 is 23.2 Å². The van der Waals surface area contributed by atoms with Gasteiger partial charge in [-0.3, -0.25) is 14.5 Å². The van der Waals surface area contributed by atoms with Gasteiger partial charge in [-0.15, -0.1) is 11.3 Å². The van der Waals surface area contributed by atoms with Crippen LogP contribution in [-0.4, -0.2) is 54.4 Å². The second-order valence-electron chi connectivity index (χ2n) is 5.34. The lowest BCUT2D eigenvalue weighted by atomic mass is 10.0. The monoisotopic (exact) mass is 310 g/mol. The summed E-state index contributed by atoms with van der Waals surface area (Å²) >= 11 is 1.44. The van der Waals surface area contributed by atoms with Crippen LogP contribution in [-0.2, 0) is 4.79 Å². The largest absolute Gasteiger partial charge is 0.358 e. The van der Waals surface area contributed by atoms with Crippen LogP contribution < -0.4 is 10.6 Å². The molecule has 2 amide bonds. The van der Waals surface area contributed by atoms with Crippen LogP contribution in [0.5, 0.6) is 0 Å². The molecule has 0 aliphatic carbocycles. The molecule has 0 bridgehead atoms. The van der Waals surface area contributed by atoms with Crippen molar-refractivity contribution in [2.75, 3.05) is 26.7 Å². The molecule has 21 heavy (non-hydrogen) atoms. The number of hydrogen-bond donors (Lipinski definition) is 2. The lowest BCUT2D eigenvalue weighted by Gasteiger charge is -2.31. The highest BCUT2D eigenvalue weighted by molar-refractivity contribution is 7.13. The number of likely N-dealkylation sites (N-methyl/N-ethyl adjacent to an activating group) is 1. The molecule has 0 aromatic carbocycles. The quantitative estimate of drug-likeness (QED) is 0.858. The van der Waals surface area contributed by atoms with E-state index in [1.54, 1.807) is 7.05 Å². The highest BCUT2D eigenvalue weighted by Crippen LogP contribution is 2.18. The number of hydrogen-bond acceptors (Lipinski definition) is 5. The van der Waals surface area contributed by atoms with Gasteiger partial charge in [0.05, 0.1) is 17.2 Å². The van der Waals surface area contributed by atoms with E-state index in [4.69, 9.17) is 0 Å². The first-order valence-corrected chi connectivity index (χ1v) is 7.99. The summed E-state index contributed by atoms with van der Waals surface area (Å²) in [6.07, 6.45) is 1.75. The maximum absolute atomic E-state index is 12.2. The molecule has 1 aliphatic heterocycles. The number of piperidine rings is 1. The number of likely N-dealkylation sites (tertiary alicyclic amines) is 1. The SMILES string of the molecule is CNC(=O)CN1CCC(NC(=O)c2sc(C)nc2C)CC1. The van der Waals surface area contributed by atoms with Crippen molar-refractivity contribution in [3.8, 4) is 0 Å². The van der Waals surface area contributed by atoms with Crippen LogP contribution in [0.2, 0.25) is 0 Å². The highest BCUT2D eigenvalue weighted by atomic mass is 32.1. The van der Waals surface area contributed by atoms with E-state index in [1.165, 1.54) is 11.3 Å². The molecule has 0 radical (unpaired) electrons. The Hall–Kier alpha value is -1.47. The minimum absolute atomic E-state index is 0.0251. The summed E-state index contributed by atoms with van der Waals surface area (Å²) in [6, 6.07) is 0.181. The number of thiazole rings is 1. The van der Waals surface area contributed by atoms with Crippen molar-refractivity contribution in [3.05, 3.63) is 15.6 Å². The van der Waals surface area contributed by atoms with Gasteiger partial charge in [0.25, 0.3) is 5.91 Å². The van der Waals surface area contributed by atoms with Crippen molar-refractivity contribution in [3.63, 3.8) is 0 Å². The molecular weight excluding hydrogens is 288 g/mol. The van der Waals surface area contributed by atoms with Gasteiger partial charge < -0.3 is 10.6 Å². The summed E-state index contributed by atoms with van der Waals surface area (Å²) < 4.78 is 0. The molecule has 116 valence electrons. The minimum Gasteiger partial charge on any atom is -0.358 e. The van der Waals surface area contributed by atoms with Crippen molar-refractivity contribution in [2.24, 2.45) is 0 Å². The molecule has 0 atom stereocenters. The third kappa shape index (κ3) is 4.25. The Labute approximate surface area is 128 Å². The van der Waals surface area contributed by atoms with Crippen LogP contribution in [0.3, 0.4) is 0 Å². The van der Waals surface area contributed by atoms with E-state index in [9.17, 15) is 9.59 Å². The topological polar surface area (TPSA) is 74.3 Å². The molecule has 1 aromatic heterocycles. The summed E-state index contributed by atoms with van der Waals surface area (Å²) in [5, 5.41) is 6.63. The third-order valence-electron chi connectivity index (χ3n) is 3.68. The standard InChI is InChI=1S/C14H22N4O2S/c1-9-13(21-10(2)16-9)14(20)17-11-4-6-18(7-5-11)8-12(19)15-3/h11H,4-8H2,1-3H3,(H,15,19)(H,17,20). The van der Waals surface area contributed by atoms with Gasteiger partial charge in [-0.2, -0.15) is 0 Å². The van der Waals surface area contributed by atoms with Gasteiger partial charge in [-0.05, 0) is 26.7 Å². The second kappa shape index (κ2) is 7.00. The van der Waals surface area contributed by atoms with Gasteiger partial charge in [0.15, 0.2) is 0 Å². The fraction of sp³-hybridized carbons (Fsp3) is 0.643. The summed E-state index contributed by atoms with van der Waals surface area (Å²) in [4.78, 5) is 30.7. The molecule has 2 rings (SSSR count). The normalized spacial score (nSPS) is 16.7. The Bertz CT molecular complexity index is 521. The first kappa shape index (κ1) is 15.9. The van der Waals surface area contributed by atoms with Crippen LogP contribution >= 0.6 is 11.3 Å². The molecule has 1 aromatic rings. The van der Waals surface area contributed by atoms with Gasteiger partial charge in [0, 0.05) is 26.2 Å². The van der Waals surface area contributed by atoms with E-state index in [2.05, 4.69) is 20.5 Å². The Balaban J connectivity index is 1.82. The van der Waals surface area contributed by atoms with Crippen molar-refractivity contribution in [1.29, 1.82) is 0 Å². The molecular formula is C14H22N4O2S. The summed E-state index contributed by atoms with van der Waals surface area (Å²) in [6.45, 7) is 5.87. The van der Waals surface area contributed by atoms with E-state index < -0.39 is 0 Å². The van der Waals surface area contributed by atoms with E-state index in [-0.39, 0.29) is 17.9 Å². The number of nitrogens with one attached hydrogen (secondary N) is 2. The van der Waals surface area contributed by atoms with Gasteiger partial charge in [0.1, 0.15) is 4.88 Å². The second-order valence-corrected chi connectivity index (χ2v) is 6.55. The van der Waals surface area contributed by atoms with E-state index in [1.807, 2.05) is 13.8 Å². The van der Waals surface area contributed by atoms with Crippen LogP contribution in [0.4, 0.5) is 0 Å². The van der Waals surface area contributed by atoms with E-state index >= 15 is 0 Å². The van der Waals surface area contributed by atoms with Crippen molar-refractivity contribution in [2.45, 2.75) is 32.7 Å². The Morgan fingerprint density at radius 2 is 2.00 bits per heavy atom. The molecule has 1 saturated heterocycles. The average Bonchev–Trinajstić information content (AvgIpc) is 2.80. The highest BCUT2D eigenvalue weighted by Gasteiger charge is 2.23. The van der Waals surface area contributed by atoms with Crippen LogP contribution in [0.1, 0.15) is 33.2 Å². The number of amides is 2. The molecule has 1 aliphatic rings. The van der Waals surface area contributed by atoms with Gasteiger partial charge in [-0.25, -0.2) is 4.98 Å². The van der Waals surface area contributed by atoms with E-state index in [0.29, 0.717) is 11.4 Å². The zero-order chi connectivity index (χ0) is 15.4. The third-order valence-corrected chi connectivity index (χ3v) is 4.75. The Kier molecular flexibility index (Phi) is 5.30. The van der Waals surface area contributed by atoms with Crippen LogP contribution in [0.25, 0.3) is 0 Å². The fourth-order valence-electron chi connectivity index (χ4n) is 2.51. The first-order valence-electron chi connectivity index (χ1n) is 7.17. The molecule has 7 heteroatoms. The van der Waals surface area contributed by atoms with Gasteiger partial charge >= 0.3 is 0 Å². The lowest BCUT2D eigenvalue weighted by Crippen LogP contribution is -2.47. The van der Waals surface area contributed by atoms with Crippen molar-refractivity contribution in [1.82, 2.24) is 20.5 Å². The molecule has 1 fully saturated rings. The molecule has 0 unspecified atom stereocenters. The van der Waals surface area contributed by atoms with E-state index in [0.717, 1.165) is 36.6 Å². The molecule has 0 spiro atoms. The molecule has 0 saturated carbocycles. The lowest BCUT2D eigenvalue weighted by molar-refractivity contribution is -0.122. The molecule has 2 N–H and O–H groups in total. The number of aryl methyl sites for hydroxylation is 2. The molecule has 2 heterocycles. The predicted octanol–water partition coefficient (Wildman–Crippen LogP) is 0.700. The summed E-state index contributed by atoms with van der Waals surface area (Å²) in [5.41, 5.74) is 0.798. The number of rotatable bonds is 4. The number of nitrogens with zero attached hydrogens (tertiary/aromatic N) is 2. The fourth-order valence-corrected chi connectivity index (χ4v) is 3.33. The zero-order valence-electron chi connectivity index (χ0n) is 12.7. The predicted molar refractivity (Wildman–Crippen MR) is 82.6 cm³/mol. The number of carbonyl (C=O) groups is 2. The maximum atomic E-state index is 12.2. The zero-order valence-corrected chi connectivity index (χ0v) is 13.5. The number of carbonyl (C=O) groups excluding carboxylic acids is 2.